The molecule has 0 radical (unpaired) electrons. The molecule has 3 aliphatic heterocycles. The van der Waals surface area contributed by atoms with Crippen LogP contribution in [0.5, 0.6) is 11.5 Å². The zero-order valence-electron chi connectivity index (χ0n) is 21.7. The maximum Gasteiger partial charge on any atom is 0.416 e. The molecule has 0 aromatic heterocycles. The fraction of sp³-hybridized carbons (Fsp3) is 0.444. The SMILES string of the molecule is O=C(C[C@H]1C(=O)NCCN1C(=O)CN1CCN(Cc2ccc3c(c2)OCO3)CC1)Nc1cccc(C(F)(F)F)c1. The molecule has 0 bridgehead atoms. The number of hydrogen-bond donors (Lipinski definition) is 2. The van der Waals surface area contributed by atoms with Gasteiger partial charge < -0.3 is 25.0 Å². The molecule has 2 aromatic carbocycles. The molecule has 2 fully saturated rings. The molecule has 2 N–H and O–H groups in total. The lowest BCUT2D eigenvalue weighted by Gasteiger charge is -2.38. The third-order valence-corrected chi connectivity index (χ3v) is 7.17. The fourth-order valence-electron chi connectivity index (χ4n) is 5.06. The lowest BCUT2D eigenvalue weighted by molar-refractivity contribution is -0.145. The van der Waals surface area contributed by atoms with E-state index in [9.17, 15) is 27.6 Å². The first-order chi connectivity index (χ1) is 19.2. The summed E-state index contributed by atoms with van der Waals surface area (Å²) in [5.74, 6) is 0.0925. The molecule has 40 heavy (non-hydrogen) atoms. The third kappa shape index (κ3) is 6.65. The Morgan fingerprint density at radius 2 is 1.73 bits per heavy atom. The van der Waals surface area contributed by atoms with E-state index in [-0.39, 0.29) is 44.4 Å². The molecule has 2 aromatic rings. The molecule has 214 valence electrons. The average Bonchev–Trinajstić information content (AvgIpc) is 3.38. The van der Waals surface area contributed by atoms with Gasteiger partial charge in [-0.3, -0.25) is 24.2 Å². The molecule has 1 atom stereocenters. The standard InChI is InChI=1S/C27H30F3N5O5/c28-27(29,30)19-2-1-3-20(13-19)32-24(36)14-21-26(38)31-6-7-35(21)25(37)16-34-10-8-33(9-11-34)15-18-4-5-22-23(12-18)40-17-39-22/h1-5,12-13,21H,6-11,14-17H2,(H,31,38)(H,32,36)/t21-/m0/s1. The second-order valence-corrected chi connectivity index (χ2v) is 9.96. The highest BCUT2D eigenvalue weighted by molar-refractivity contribution is 5.97. The Morgan fingerprint density at radius 1 is 0.975 bits per heavy atom. The Hall–Kier alpha value is -3.84. The Kier molecular flexibility index (Phi) is 8.12. The molecule has 10 nitrogen and oxygen atoms in total. The van der Waals surface area contributed by atoms with Crippen LogP contribution in [0.3, 0.4) is 0 Å². The zero-order chi connectivity index (χ0) is 28.3. The van der Waals surface area contributed by atoms with E-state index < -0.39 is 29.6 Å². The number of carbonyl (C=O) groups excluding carboxylic acids is 3. The Morgan fingerprint density at radius 3 is 2.50 bits per heavy atom. The van der Waals surface area contributed by atoms with Gasteiger partial charge in [-0.05, 0) is 35.9 Å². The van der Waals surface area contributed by atoms with Crippen LogP contribution >= 0.6 is 0 Å². The number of rotatable bonds is 7. The van der Waals surface area contributed by atoms with E-state index in [1.165, 1.54) is 17.0 Å². The number of hydrogen-bond acceptors (Lipinski definition) is 7. The normalized spacial score (nSPS) is 19.8. The highest BCUT2D eigenvalue weighted by Gasteiger charge is 2.36. The molecule has 2 saturated heterocycles. The van der Waals surface area contributed by atoms with Crippen molar-refractivity contribution in [1.82, 2.24) is 20.0 Å². The van der Waals surface area contributed by atoms with E-state index in [0.717, 1.165) is 48.8 Å². The van der Waals surface area contributed by atoms with E-state index in [1.54, 1.807) is 0 Å². The van der Waals surface area contributed by atoms with Crippen LogP contribution < -0.4 is 20.1 Å². The van der Waals surface area contributed by atoms with E-state index in [1.807, 2.05) is 23.1 Å². The molecular formula is C27H30F3N5O5. The predicted octanol–water partition coefficient (Wildman–Crippen LogP) is 1.91. The first kappa shape index (κ1) is 27.7. The van der Waals surface area contributed by atoms with Gasteiger partial charge >= 0.3 is 6.18 Å². The number of nitrogens with one attached hydrogen (secondary N) is 2. The number of carbonyl (C=O) groups is 3. The summed E-state index contributed by atoms with van der Waals surface area (Å²) in [7, 11) is 0. The molecule has 0 spiro atoms. The van der Waals surface area contributed by atoms with Crippen LogP contribution in [0.15, 0.2) is 42.5 Å². The van der Waals surface area contributed by atoms with Crippen LogP contribution in [0, 0.1) is 0 Å². The zero-order valence-corrected chi connectivity index (χ0v) is 21.7. The summed E-state index contributed by atoms with van der Waals surface area (Å²) in [5, 5.41) is 5.08. The predicted molar refractivity (Wildman–Crippen MR) is 137 cm³/mol. The van der Waals surface area contributed by atoms with Crippen molar-refractivity contribution in [3.8, 4) is 11.5 Å². The number of nitrogens with zero attached hydrogens (tertiary/aromatic N) is 3. The highest BCUT2D eigenvalue weighted by Crippen LogP contribution is 2.33. The summed E-state index contributed by atoms with van der Waals surface area (Å²) in [6.45, 7) is 4.43. The van der Waals surface area contributed by atoms with Gasteiger partial charge in [0.05, 0.1) is 18.5 Å². The van der Waals surface area contributed by atoms with Crippen LogP contribution in [-0.2, 0) is 27.1 Å². The van der Waals surface area contributed by atoms with Crippen molar-refractivity contribution in [1.29, 1.82) is 0 Å². The molecule has 0 saturated carbocycles. The minimum absolute atomic E-state index is 0.0347. The topological polar surface area (TPSA) is 103 Å². The van der Waals surface area contributed by atoms with E-state index in [2.05, 4.69) is 15.5 Å². The molecule has 0 unspecified atom stereocenters. The van der Waals surface area contributed by atoms with Crippen molar-refractivity contribution in [2.45, 2.75) is 25.2 Å². The number of halogens is 3. The number of piperazine rings is 2. The van der Waals surface area contributed by atoms with Crippen LogP contribution in [0.2, 0.25) is 0 Å². The van der Waals surface area contributed by atoms with Gasteiger partial charge in [0.25, 0.3) is 0 Å². The summed E-state index contributed by atoms with van der Waals surface area (Å²) in [5.41, 5.74) is 0.181. The Labute approximate surface area is 229 Å². The highest BCUT2D eigenvalue weighted by atomic mass is 19.4. The number of amides is 3. The Balaban J connectivity index is 1.13. The van der Waals surface area contributed by atoms with Gasteiger partial charge in [-0.2, -0.15) is 13.2 Å². The van der Waals surface area contributed by atoms with Gasteiger partial charge in [0.2, 0.25) is 24.5 Å². The largest absolute Gasteiger partial charge is 0.454 e. The minimum atomic E-state index is -4.55. The lowest BCUT2D eigenvalue weighted by Crippen LogP contribution is -2.60. The van der Waals surface area contributed by atoms with Crippen LogP contribution in [0.4, 0.5) is 18.9 Å². The second kappa shape index (κ2) is 11.7. The van der Waals surface area contributed by atoms with Crippen LogP contribution in [0.1, 0.15) is 17.5 Å². The van der Waals surface area contributed by atoms with Crippen molar-refractivity contribution in [2.24, 2.45) is 0 Å². The molecule has 3 amide bonds. The van der Waals surface area contributed by atoms with Gasteiger partial charge in [-0.15, -0.1) is 0 Å². The number of anilines is 1. The van der Waals surface area contributed by atoms with Gasteiger partial charge in [-0.25, -0.2) is 0 Å². The molecule has 0 aliphatic carbocycles. The first-order valence-corrected chi connectivity index (χ1v) is 13.0. The summed E-state index contributed by atoms with van der Waals surface area (Å²) in [4.78, 5) is 44.1. The first-order valence-electron chi connectivity index (χ1n) is 13.0. The van der Waals surface area contributed by atoms with Crippen molar-refractivity contribution in [2.75, 3.05) is 57.9 Å². The van der Waals surface area contributed by atoms with Crippen LogP contribution in [0.25, 0.3) is 0 Å². The smallest absolute Gasteiger partial charge is 0.416 e. The maximum absolute atomic E-state index is 13.2. The van der Waals surface area contributed by atoms with E-state index in [0.29, 0.717) is 13.1 Å². The minimum Gasteiger partial charge on any atom is -0.454 e. The van der Waals surface area contributed by atoms with E-state index >= 15 is 0 Å². The molecule has 13 heteroatoms. The molecular weight excluding hydrogens is 531 g/mol. The summed E-state index contributed by atoms with van der Waals surface area (Å²) >= 11 is 0. The second-order valence-electron chi connectivity index (χ2n) is 9.96. The number of ether oxygens (including phenoxy) is 2. The van der Waals surface area contributed by atoms with E-state index in [4.69, 9.17) is 9.47 Å². The lowest BCUT2D eigenvalue weighted by atomic mass is 10.1. The van der Waals surface area contributed by atoms with Gasteiger partial charge in [0, 0.05) is 51.5 Å². The fourth-order valence-corrected chi connectivity index (χ4v) is 5.06. The molecule has 5 rings (SSSR count). The third-order valence-electron chi connectivity index (χ3n) is 7.17. The van der Waals surface area contributed by atoms with Crippen molar-refractivity contribution < 1.29 is 37.0 Å². The van der Waals surface area contributed by atoms with Gasteiger partial charge in [-0.1, -0.05) is 12.1 Å². The van der Waals surface area contributed by atoms with Crippen LogP contribution in [-0.4, -0.2) is 91.1 Å². The number of fused-ring (bicyclic) bond motifs is 1. The van der Waals surface area contributed by atoms with Crippen molar-refractivity contribution >= 4 is 23.4 Å². The summed E-state index contributed by atoms with van der Waals surface area (Å²) in [6, 6.07) is 9.10. The Bertz CT molecular complexity index is 1270. The van der Waals surface area contributed by atoms with Crippen molar-refractivity contribution in [3.63, 3.8) is 0 Å². The quantitative estimate of drug-likeness (QED) is 0.533. The molecule has 3 aliphatic rings. The molecule has 3 heterocycles. The monoisotopic (exact) mass is 561 g/mol. The van der Waals surface area contributed by atoms with Crippen molar-refractivity contribution in [3.05, 3.63) is 53.6 Å². The maximum atomic E-state index is 13.2. The van der Waals surface area contributed by atoms with Gasteiger partial charge in [0.1, 0.15) is 6.04 Å². The summed E-state index contributed by atoms with van der Waals surface area (Å²) in [6.07, 6.45) is -4.91. The number of benzene rings is 2. The van der Waals surface area contributed by atoms with Gasteiger partial charge in [0.15, 0.2) is 11.5 Å². The summed E-state index contributed by atoms with van der Waals surface area (Å²) < 4.78 is 49.8. The average molecular weight is 562 g/mol. The number of alkyl halides is 3.